The second-order valence-electron chi connectivity index (χ2n) is 4.91. The molecule has 3 rings (SSSR count). The molecule has 0 aliphatic carbocycles. The smallest absolute Gasteiger partial charge is 0.308 e. The van der Waals surface area contributed by atoms with Gasteiger partial charge in [0.15, 0.2) is 11.2 Å². The van der Waals surface area contributed by atoms with Crippen LogP contribution in [0.25, 0.3) is 20.2 Å². The third kappa shape index (κ3) is 2.93. The number of esters is 2. The molecule has 6 heteroatoms. The van der Waals surface area contributed by atoms with E-state index in [9.17, 15) is 14.4 Å². The highest BCUT2D eigenvalue weighted by Gasteiger charge is 2.15. The first-order chi connectivity index (χ1) is 11.0. The number of rotatable bonds is 2. The Bertz CT molecular complexity index is 1000. The van der Waals surface area contributed by atoms with Crippen LogP contribution in [0.2, 0.25) is 0 Å². The lowest BCUT2D eigenvalue weighted by molar-refractivity contribution is -0.132. The lowest BCUT2D eigenvalue weighted by atomic mass is 10.1. The van der Waals surface area contributed by atoms with Crippen LogP contribution >= 0.6 is 11.3 Å². The van der Waals surface area contributed by atoms with E-state index in [1.807, 2.05) is 12.1 Å². The summed E-state index contributed by atoms with van der Waals surface area (Å²) in [6, 6.07) is 10.1. The summed E-state index contributed by atoms with van der Waals surface area (Å²) in [5.41, 5.74) is -0.197. The lowest BCUT2D eigenvalue weighted by Gasteiger charge is -2.09. The molecule has 3 aromatic rings. The van der Waals surface area contributed by atoms with Crippen LogP contribution in [0.3, 0.4) is 0 Å². The Balaban J connectivity index is 2.39. The molecule has 0 radical (unpaired) electrons. The molecule has 0 saturated heterocycles. The predicted octanol–water partition coefficient (Wildman–Crippen LogP) is 3.27. The number of hydrogen-bond donors (Lipinski definition) is 0. The van der Waals surface area contributed by atoms with E-state index in [2.05, 4.69) is 0 Å². The summed E-state index contributed by atoms with van der Waals surface area (Å²) in [5, 5.41) is 0.919. The molecule has 0 spiro atoms. The summed E-state index contributed by atoms with van der Waals surface area (Å²) in [4.78, 5) is 35.2. The van der Waals surface area contributed by atoms with Crippen molar-refractivity contribution in [3.63, 3.8) is 0 Å². The van der Waals surface area contributed by atoms with Gasteiger partial charge in [0.1, 0.15) is 5.75 Å². The van der Waals surface area contributed by atoms with Crippen molar-refractivity contribution in [3.8, 4) is 11.5 Å². The van der Waals surface area contributed by atoms with Crippen LogP contribution in [0.15, 0.2) is 41.2 Å². The van der Waals surface area contributed by atoms with Crippen molar-refractivity contribution >= 4 is 43.4 Å². The van der Waals surface area contributed by atoms with Gasteiger partial charge in [-0.2, -0.15) is 0 Å². The van der Waals surface area contributed by atoms with Gasteiger partial charge in [0.05, 0.1) is 4.70 Å². The first kappa shape index (κ1) is 15.2. The molecule has 0 saturated carbocycles. The maximum Gasteiger partial charge on any atom is 0.308 e. The molecule has 2 aromatic carbocycles. The first-order valence-corrected chi connectivity index (χ1v) is 7.64. The van der Waals surface area contributed by atoms with E-state index in [0.717, 1.165) is 4.70 Å². The van der Waals surface area contributed by atoms with Gasteiger partial charge < -0.3 is 9.47 Å². The molecule has 0 amide bonds. The number of ether oxygens (including phenoxy) is 2. The Morgan fingerprint density at radius 2 is 1.65 bits per heavy atom. The zero-order valence-corrected chi connectivity index (χ0v) is 13.2. The molecule has 0 unspecified atom stereocenters. The van der Waals surface area contributed by atoms with E-state index >= 15 is 0 Å². The quantitative estimate of drug-likeness (QED) is 0.410. The fraction of sp³-hybridized carbons (Fsp3) is 0.118. The second-order valence-corrected chi connectivity index (χ2v) is 5.96. The fourth-order valence-corrected chi connectivity index (χ4v) is 3.40. The average Bonchev–Trinajstić information content (AvgIpc) is 2.47. The van der Waals surface area contributed by atoms with Crippen LogP contribution in [0.4, 0.5) is 0 Å². The van der Waals surface area contributed by atoms with Gasteiger partial charge in [-0.1, -0.05) is 12.1 Å². The molecular weight excluding hydrogens is 316 g/mol. The van der Waals surface area contributed by atoms with Crippen molar-refractivity contribution in [1.82, 2.24) is 0 Å². The highest BCUT2D eigenvalue weighted by Crippen LogP contribution is 2.35. The average molecular weight is 328 g/mol. The molecule has 0 aliphatic rings. The molecule has 23 heavy (non-hydrogen) atoms. The van der Waals surface area contributed by atoms with Crippen molar-refractivity contribution < 1.29 is 19.1 Å². The fourth-order valence-electron chi connectivity index (χ4n) is 2.30. The Labute approximate surface area is 135 Å². The molecule has 1 heterocycles. The van der Waals surface area contributed by atoms with Gasteiger partial charge in [-0.25, -0.2) is 0 Å². The maximum atomic E-state index is 12.7. The minimum absolute atomic E-state index is 0.167. The number of benzene rings is 2. The molecule has 1 aromatic heterocycles. The summed E-state index contributed by atoms with van der Waals surface area (Å²) in [5.74, 6) is -0.658. The molecule has 0 fully saturated rings. The van der Waals surface area contributed by atoms with Gasteiger partial charge in [-0.15, -0.1) is 11.3 Å². The van der Waals surface area contributed by atoms with Gasteiger partial charge in [0.25, 0.3) is 0 Å². The zero-order chi connectivity index (χ0) is 16.6. The first-order valence-electron chi connectivity index (χ1n) is 6.82. The van der Waals surface area contributed by atoms with Crippen molar-refractivity contribution in [1.29, 1.82) is 0 Å². The molecular formula is C17H12O5S. The predicted molar refractivity (Wildman–Crippen MR) is 88.2 cm³/mol. The molecule has 0 aliphatic heterocycles. The zero-order valence-electron chi connectivity index (χ0n) is 12.4. The highest BCUT2D eigenvalue weighted by atomic mass is 32.1. The third-order valence-electron chi connectivity index (χ3n) is 3.13. The van der Waals surface area contributed by atoms with Crippen molar-refractivity contribution in [3.05, 3.63) is 46.6 Å². The minimum atomic E-state index is -0.518. The SMILES string of the molecule is CC(=O)Oc1cc(OC(C)=O)c2sc3ccccc3c(=O)c2c1. The van der Waals surface area contributed by atoms with E-state index in [4.69, 9.17) is 9.47 Å². The van der Waals surface area contributed by atoms with Crippen molar-refractivity contribution in [2.75, 3.05) is 0 Å². The normalized spacial score (nSPS) is 10.7. The lowest BCUT2D eigenvalue weighted by Crippen LogP contribution is -2.07. The van der Waals surface area contributed by atoms with Crippen LogP contribution < -0.4 is 14.9 Å². The molecule has 0 N–H and O–H groups in total. The van der Waals surface area contributed by atoms with Crippen LogP contribution in [0.5, 0.6) is 11.5 Å². The standard InChI is InChI=1S/C17H12O5S/c1-9(18)21-11-7-13-16(20)12-5-3-4-6-15(12)23-17(13)14(8-11)22-10(2)19/h3-8H,1-2H3. The Morgan fingerprint density at radius 3 is 2.35 bits per heavy atom. The maximum absolute atomic E-state index is 12.7. The van der Waals surface area contributed by atoms with E-state index in [1.54, 1.807) is 12.1 Å². The van der Waals surface area contributed by atoms with E-state index in [0.29, 0.717) is 15.5 Å². The topological polar surface area (TPSA) is 69.7 Å². The van der Waals surface area contributed by atoms with Gasteiger partial charge in [-0.3, -0.25) is 14.4 Å². The van der Waals surface area contributed by atoms with Crippen molar-refractivity contribution in [2.45, 2.75) is 13.8 Å². The second kappa shape index (κ2) is 5.81. The van der Waals surface area contributed by atoms with E-state index in [1.165, 1.54) is 37.3 Å². The summed E-state index contributed by atoms with van der Waals surface area (Å²) >= 11 is 1.34. The monoisotopic (exact) mass is 328 g/mol. The Morgan fingerprint density at radius 1 is 0.957 bits per heavy atom. The Kier molecular flexibility index (Phi) is 3.83. The molecule has 5 nitrogen and oxygen atoms in total. The van der Waals surface area contributed by atoms with Gasteiger partial charge in [-0.05, 0) is 18.2 Å². The Hall–Kier alpha value is -2.73. The summed E-state index contributed by atoms with van der Waals surface area (Å²) < 4.78 is 11.6. The molecule has 0 bridgehead atoms. The summed E-state index contributed by atoms with van der Waals surface area (Å²) in [6.45, 7) is 2.53. The minimum Gasteiger partial charge on any atom is -0.427 e. The van der Waals surface area contributed by atoms with Crippen LogP contribution in [-0.4, -0.2) is 11.9 Å². The molecule has 116 valence electrons. The molecule has 0 atom stereocenters. The highest BCUT2D eigenvalue weighted by molar-refractivity contribution is 7.24. The van der Waals surface area contributed by atoms with Gasteiger partial charge >= 0.3 is 11.9 Å². The van der Waals surface area contributed by atoms with Crippen LogP contribution in [-0.2, 0) is 9.59 Å². The number of carbonyl (C=O) groups is 2. The van der Waals surface area contributed by atoms with Crippen LogP contribution in [0, 0.1) is 0 Å². The van der Waals surface area contributed by atoms with E-state index in [-0.39, 0.29) is 16.9 Å². The largest absolute Gasteiger partial charge is 0.427 e. The van der Waals surface area contributed by atoms with E-state index < -0.39 is 11.9 Å². The number of hydrogen-bond acceptors (Lipinski definition) is 6. The van der Waals surface area contributed by atoms with Gasteiger partial charge in [0.2, 0.25) is 0 Å². The number of carbonyl (C=O) groups excluding carboxylic acids is 2. The van der Waals surface area contributed by atoms with Crippen LogP contribution in [0.1, 0.15) is 13.8 Å². The van der Waals surface area contributed by atoms with Crippen molar-refractivity contribution in [2.24, 2.45) is 0 Å². The number of fused-ring (bicyclic) bond motifs is 2. The summed E-state index contributed by atoms with van der Waals surface area (Å²) in [6.07, 6.45) is 0. The summed E-state index contributed by atoms with van der Waals surface area (Å²) in [7, 11) is 0. The third-order valence-corrected chi connectivity index (χ3v) is 4.33. The van der Waals surface area contributed by atoms with Gasteiger partial charge in [0, 0.05) is 35.4 Å².